The van der Waals surface area contributed by atoms with E-state index in [2.05, 4.69) is 48.4 Å². The van der Waals surface area contributed by atoms with Gasteiger partial charge in [-0.15, -0.1) is 0 Å². The number of hydrogen-bond acceptors (Lipinski definition) is 3. The second-order valence-electron chi connectivity index (χ2n) is 5.46. The van der Waals surface area contributed by atoms with Crippen molar-refractivity contribution in [2.45, 2.75) is 45.7 Å². The first-order valence-corrected chi connectivity index (χ1v) is 7.54. The van der Waals surface area contributed by atoms with Gasteiger partial charge in [0.05, 0.1) is 17.9 Å². The van der Waals surface area contributed by atoms with Crippen LogP contribution in [0.5, 0.6) is 0 Å². The third-order valence-corrected chi connectivity index (χ3v) is 4.00. The number of benzene rings is 1. The lowest BCUT2D eigenvalue weighted by Gasteiger charge is -2.37. The molecule has 1 amide bonds. The molecule has 1 atom stereocenters. The van der Waals surface area contributed by atoms with Gasteiger partial charge in [-0.2, -0.15) is 0 Å². The van der Waals surface area contributed by atoms with Crippen molar-refractivity contribution in [2.24, 2.45) is 0 Å². The van der Waals surface area contributed by atoms with Crippen LogP contribution in [0.4, 0.5) is 11.4 Å². The number of rotatable bonds is 5. The van der Waals surface area contributed by atoms with E-state index in [0.717, 1.165) is 30.8 Å². The fourth-order valence-electron chi connectivity index (χ4n) is 2.64. The van der Waals surface area contributed by atoms with Crippen LogP contribution in [0.15, 0.2) is 24.3 Å². The molecule has 0 aliphatic carbocycles. The summed E-state index contributed by atoms with van der Waals surface area (Å²) < 4.78 is 0. The third kappa shape index (κ3) is 3.24. The Hall–Kier alpha value is -1.71. The third-order valence-electron chi connectivity index (χ3n) is 4.00. The highest BCUT2D eigenvalue weighted by atomic mass is 16.2. The van der Waals surface area contributed by atoms with Gasteiger partial charge in [-0.05, 0) is 31.9 Å². The lowest BCUT2D eigenvalue weighted by molar-refractivity contribution is -0.120. The lowest BCUT2D eigenvalue weighted by atomic mass is 10.1. The molecule has 0 aromatic heterocycles. The molecule has 0 saturated carbocycles. The Morgan fingerprint density at radius 3 is 2.80 bits per heavy atom. The molecule has 1 aliphatic rings. The lowest BCUT2D eigenvalue weighted by Crippen LogP contribution is -2.48. The topological polar surface area (TPSA) is 44.4 Å². The van der Waals surface area contributed by atoms with Gasteiger partial charge >= 0.3 is 0 Å². The Kier molecular flexibility index (Phi) is 4.88. The van der Waals surface area contributed by atoms with Gasteiger partial charge in [-0.25, -0.2) is 0 Å². The molecule has 2 rings (SSSR count). The molecule has 1 heterocycles. The van der Waals surface area contributed by atoms with E-state index in [4.69, 9.17) is 0 Å². The normalized spacial score (nSPS) is 17.6. The summed E-state index contributed by atoms with van der Waals surface area (Å²) in [7, 11) is 0. The zero-order chi connectivity index (χ0) is 14.5. The Morgan fingerprint density at radius 2 is 2.10 bits per heavy atom. The summed E-state index contributed by atoms with van der Waals surface area (Å²) in [4.78, 5) is 14.4. The average molecular weight is 275 g/mol. The van der Waals surface area contributed by atoms with Gasteiger partial charge in [-0.1, -0.05) is 26.0 Å². The number of nitrogens with zero attached hydrogens (tertiary/aromatic N) is 1. The zero-order valence-electron chi connectivity index (χ0n) is 12.6. The summed E-state index contributed by atoms with van der Waals surface area (Å²) >= 11 is 0. The average Bonchev–Trinajstić information content (AvgIpc) is 2.47. The minimum atomic E-state index is 0.113. The van der Waals surface area contributed by atoms with Crippen molar-refractivity contribution in [1.29, 1.82) is 0 Å². The van der Waals surface area contributed by atoms with E-state index in [0.29, 0.717) is 12.6 Å². The molecule has 1 aliphatic heterocycles. The van der Waals surface area contributed by atoms with E-state index < -0.39 is 0 Å². The highest BCUT2D eigenvalue weighted by Gasteiger charge is 2.24. The van der Waals surface area contributed by atoms with Gasteiger partial charge in [0.1, 0.15) is 0 Å². The first kappa shape index (κ1) is 14.7. The number of carbonyl (C=O) groups excluding carboxylic acids is 1. The van der Waals surface area contributed by atoms with E-state index in [1.807, 2.05) is 12.1 Å². The quantitative estimate of drug-likeness (QED) is 0.868. The number of para-hydroxylation sites is 2. The molecule has 4 nitrogen and oxygen atoms in total. The maximum absolute atomic E-state index is 12.2. The van der Waals surface area contributed by atoms with Gasteiger partial charge in [0, 0.05) is 18.6 Å². The van der Waals surface area contributed by atoms with E-state index in [1.54, 1.807) is 0 Å². The summed E-state index contributed by atoms with van der Waals surface area (Å²) in [6.45, 7) is 7.66. The number of hydrogen-bond donors (Lipinski definition) is 2. The maximum atomic E-state index is 12.2. The predicted molar refractivity (Wildman–Crippen MR) is 84.3 cm³/mol. The summed E-state index contributed by atoms with van der Waals surface area (Å²) in [6.07, 6.45) is 1.96. The monoisotopic (exact) mass is 275 g/mol. The van der Waals surface area contributed by atoms with Crippen LogP contribution in [0.25, 0.3) is 0 Å². The van der Waals surface area contributed by atoms with Crippen molar-refractivity contribution in [1.82, 2.24) is 5.32 Å². The first-order chi connectivity index (χ1) is 9.65. The predicted octanol–water partition coefficient (Wildman–Crippen LogP) is 2.61. The molecule has 0 fully saturated rings. The molecular weight excluding hydrogens is 250 g/mol. The summed E-state index contributed by atoms with van der Waals surface area (Å²) in [5, 5.41) is 6.52. The second-order valence-corrected chi connectivity index (χ2v) is 5.46. The SMILES string of the molecule is CCC(CC)NC(=O)CN1c2ccccc2NCC1C. The maximum Gasteiger partial charge on any atom is 0.239 e. The van der Waals surface area contributed by atoms with Crippen molar-refractivity contribution in [2.75, 3.05) is 23.3 Å². The summed E-state index contributed by atoms with van der Waals surface area (Å²) in [5.41, 5.74) is 2.23. The molecule has 1 unspecified atom stereocenters. The molecule has 1 aromatic carbocycles. The van der Waals surface area contributed by atoms with Crippen molar-refractivity contribution in [3.8, 4) is 0 Å². The molecule has 0 radical (unpaired) electrons. The fraction of sp³-hybridized carbons (Fsp3) is 0.562. The van der Waals surface area contributed by atoms with Crippen LogP contribution >= 0.6 is 0 Å². The molecule has 2 N–H and O–H groups in total. The van der Waals surface area contributed by atoms with E-state index in [1.165, 1.54) is 0 Å². The smallest absolute Gasteiger partial charge is 0.239 e. The van der Waals surface area contributed by atoms with Crippen LogP contribution in [0.1, 0.15) is 33.6 Å². The van der Waals surface area contributed by atoms with Crippen LogP contribution < -0.4 is 15.5 Å². The van der Waals surface area contributed by atoms with Crippen molar-refractivity contribution < 1.29 is 4.79 Å². The zero-order valence-corrected chi connectivity index (χ0v) is 12.6. The highest BCUT2D eigenvalue weighted by Crippen LogP contribution is 2.30. The van der Waals surface area contributed by atoms with Crippen LogP contribution in [0, 0.1) is 0 Å². The van der Waals surface area contributed by atoms with Crippen molar-refractivity contribution in [3.05, 3.63) is 24.3 Å². The molecule has 4 heteroatoms. The highest BCUT2D eigenvalue weighted by molar-refractivity contribution is 5.84. The molecule has 0 bridgehead atoms. The van der Waals surface area contributed by atoms with E-state index >= 15 is 0 Å². The number of anilines is 2. The Labute approximate surface area is 121 Å². The molecule has 1 aromatic rings. The Morgan fingerprint density at radius 1 is 1.40 bits per heavy atom. The standard InChI is InChI=1S/C16H25N3O/c1-4-13(5-2)18-16(20)11-19-12(3)10-17-14-8-6-7-9-15(14)19/h6-9,12-13,17H,4-5,10-11H2,1-3H3,(H,18,20). The van der Waals surface area contributed by atoms with Crippen molar-refractivity contribution in [3.63, 3.8) is 0 Å². The minimum absolute atomic E-state index is 0.113. The fourth-order valence-corrected chi connectivity index (χ4v) is 2.64. The van der Waals surface area contributed by atoms with Gasteiger partial charge in [-0.3, -0.25) is 4.79 Å². The van der Waals surface area contributed by atoms with Crippen LogP contribution in [0.2, 0.25) is 0 Å². The van der Waals surface area contributed by atoms with Gasteiger partial charge in [0.15, 0.2) is 0 Å². The minimum Gasteiger partial charge on any atom is -0.381 e. The second kappa shape index (κ2) is 6.64. The number of fused-ring (bicyclic) bond motifs is 1. The van der Waals surface area contributed by atoms with Crippen LogP contribution in [-0.4, -0.2) is 31.1 Å². The van der Waals surface area contributed by atoms with Crippen LogP contribution in [0.3, 0.4) is 0 Å². The van der Waals surface area contributed by atoms with E-state index in [9.17, 15) is 4.79 Å². The number of carbonyl (C=O) groups is 1. The summed E-state index contributed by atoms with van der Waals surface area (Å²) in [6, 6.07) is 8.78. The Bertz CT molecular complexity index is 457. The number of amides is 1. The van der Waals surface area contributed by atoms with E-state index in [-0.39, 0.29) is 11.9 Å². The van der Waals surface area contributed by atoms with Crippen molar-refractivity contribution >= 4 is 17.3 Å². The van der Waals surface area contributed by atoms with Gasteiger partial charge < -0.3 is 15.5 Å². The molecule has 0 saturated heterocycles. The van der Waals surface area contributed by atoms with Crippen LogP contribution in [-0.2, 0) is 4.79 Å². The molecule has 20 heavy (non-hydrogen) atoms. The molecule has 0 spiro atoms. The number of nitrogens with one attached hydrogen (secondary N) is 2. The van der Waals surface area contributed by atoms with Gasteiger partial charge in [0.2, 0.25) is 5.91 Å². The Balaban J connectivity index is 2.06. The molecular formula is C16H25N3O. The largest absolute Gasteiger partial charge is 0.381 e. The summed E-state index contributed by atoms with van der Waals surface area (Å²) in [5.74, 6) is 0.113. The first-order valence-electron chi connectivity index (χ1n) is 7.54. The molecule has 110 valence electrons. The van der Waals surface area contributed by atoms with Gasteiger partial charge in [0.25, 0.3) is 0 Å².